The molecule has 0 radical (unpaired) electrons. The van der Waals surface area contributed by atoms with Crippen LogP contribution in [-0.2, 0) is 0 Å². The zero-order valence-corrected chi connectivity index (χ0v) is 11.4. The monoisotopic (exact) mass is 248 g/mol. The number of hydrogen-bond donors (Lipinski definition) is 1. The molecule has 1 aromatic rings. The fourth-order valence-electron chi connectivity index (χ4n) is 2.53. The van der Waals surface area contributed by atoms with E-state index in [0.717, 1.165) is 29.9 Å². The van der Waals surface area contributed by atoms with E-state index in [1.165, 1.54) is 0 Å². The molecule has 0 saturated carbocycles. The van der Waals surface area contributed by atoms with Crippen molar-refractivity contribution in [2.75, 3.05) is 20.6 Å². The van der Waals surface area contributed by atoms with Gasteiger partial charge in [0.1, 0.15) is 0 Å². The fourth-order valence-corrected chi connectivity index (χ4v) is 2.53. The summed E-state index contributed by atoms with van der Waals surface area (Å²) in [6, 6.07) is 0.277. The molecule has 0 aromatic carbocycles. The van der Waals surface area contributed by atoms with Crippen LogP contribution in [0.25, 0.3) is 5.70 Å². The van der Waals surface area contributed by atoms with Crippen molar-refractivity contribution in [3.05, 3.63) is 28.5 Å². The molecule has 1 aromatic heterocycles. The molecule has 1 atom stereocenters. The standard InChI is InChI=1S/C13H20N4O/c1-9-12(11(14-3)5-7-16(9)4)10(2)17-8-6-15-13(17)18/h6,8-9H,5,7H2,1-4H3,(H,15,18)/b12-10+,14-11-/t9-/m0/s1. The SMILES string of the molecule is C/N=C1/CCN(C)[C@@H](C)/C1=C(/C)n1cc[nH]c1=O. The van der Waals surface area contributed by atoms with Crippen molar-refractivity contribution >= 4 is 11.4 Å². The van der Waals surface area contributed by atoms with E-state index in [9.17, 15) is 4.79 Å². The van der Waals surface area contributed by atoms with Crippen LogP contribution in [0.4, 0.5) is 0 Å². The zero-order valence-electron chi connectivity index (χ0n) is 11.4. The number of piperidine rings is 1. The van der Waals surface area contributed by atoms with E-state index in [4.69, 9.17) is 0 Å². The van der Waals surface area contributed by atoms with Gasteiger partial charge in [-0.25, -0.2) is 4.79 Å². The highest BCUT2D eigenvalue weighted by molar-refractivity contribution is 6.06. The van der Waals surface area contributed by atoms with E-state index in [2.05, 4.69) is 28.8 Å². The molecule has 1 N–H and O–H groups in total. The maximum Gasteiger partial charge on any atom is 0.329 e. The molecule has 2 heterocycles. The van der Waals surface area contributed by atoms with Gasteiger partial charge in [0.05, 0.1) is 0 Å². The first-order chi connectivity index (χ1) is 8.56. The predicted octanol–water partition coefficient (Wildman–Crippen LogP) is 1.20. The molecule has 98 valence electrons. The van der Waals surface area contributed by atoms with Gasteiger partial charge in [0, 0.05) is 55.4 Å². The summed E-state index contributed by atoms with van der Waals surface area (Å²) in [5.74, 6) is 0. The number of aromatic amines is 1. The van der Waals surface area contributed by atoms with Crippen LogP contribution in [0.5, 0.6) is 0 Å². The normalized spacial score (nSPS) is 26.7. The van der Waals surface area contributed by atoms with Crippen LogP contribution in [0.2, 0.25) is 0 Å². The molecule has 0 unspecified atom stereocenters. The summed E-state index contributed by atoms with van der Waals surface area (Å²) < 4.78 is 1.65. The molecular formula is C13H20N4O. The maximum absolute atomic E-state index is 11.7. The van der Waals surface area contributed by atoms with Gasteiger partial charge in [0.15, 0.2) is 0 Å². The Kier molecular flexibility index (Phi) is 3.52. The van der Waals surface area contributed by atoms with Gasteiger partial charge in [-0.05, 0) is 20.9 Å². The van der Waals surface area contributed by atoms with Crippen molar-refractivity contribution in [1.82, 2.24) is 14.5 Å². The third-order valence-corrected chi connectivity index (χ3v) is 3.76. The Balaban J connectivity index is 2.56. The van der Waals surface area contributed by atoms with Crippen molar-refractivity contribution in [2.24, 2.45) is 4.99 Å². The summed E-state index contributed by atoms with van der Waals surface area (Å²) in [6.45, 7) is 5.14. The third-order valence-electron chi connectivity index (χ3n) is 3.76. The highest BCUT2D eigenvalue weighted by Gasteiger charge is 2.26. The van der Waals surface area contributed by atoms with E-state index in [-0.39, 0.29) is 11.7 Å². The van der Waals surface area contributed by atoms with Crippen LogP contribution in [0, 0.1) is 0 Å². The lowest BCUT2D eigenvalue weighted by molar-refractivity contribution is 0.287. The lowest BCUT2D eigenvalue weighted by Crippen LogP contribution is -2.41. The van der Waals surface area contributed by atoms with Gasteiger partial charge in [-0.15, -0.1) is 0 Å². The third kappa shape index (κ3) is 2.06. The number of allylic oxidation sites excluding steroid dienone is 1. The molecule has 0 spiro atoms. The molecule has 0 bridgehead atoms. The van der Waals surface area contributed by atoms with Gasteiger partial charge in [0.2, 0.25) is 0 Å². The van der Waals surface area contributed by atoms with E-state index in [1.807, 2.05) is 14.0 Å². The summed E-state index contributed by atoms with van der Waals surface area (Å²) in [5, 5.41) is 0. The first kappa shape index (κ1) is 12.8. The molecule has 5 nitrogen and oxygen atoms in total. The van der Waals surface area contributed by atoms with Gasteiger partial charge in [-0.3, -0.25) is 14.5 Å². The molecule has 18 heavy (non-hydrogen) atoms. The lowest BCUT2D eigenvalue weighted by Gasteiger charge is -2.34. The molecule has 0 aliphatic carbocycles. The number of H-pyrrole nitrogens is 1. The Bertz CT molecular complexity index is 549. The van der Waals surface area contributed by atoms with Crippen molar-refractivity contribution in [1.29, 1.82) is 0 Å². The Hall–Kier alpha value is -1.62. The largest absolute Gasteiger partial charge is 0.329 e. The van der Waals surface area contributed by atoms with Crippen molar-refractivity contribution in [3.8, 4) is 0 Å². The number of nitrogens with zero attached hydrogens (tertiary/aromatic N) is 3. The van der Waals surface area contributed by atoms with Crippen LogP contribution in [-0.4, -0.2) is 46.8 Å². The van der Waals surface area contributed by atoms with E-state index >= 15 is 0 Å². The topological polar surface area (TPSA) is 53.4 Å². The second kappa shape index (κ2) is 4.94. The van der Waals surface area contributed by atoms with Crippen LogP contribution >= 0.6 is 0 Å². The van der Waals surface area contributed by atoms with Gasteiger partial charge < -0.3 is 4.98 Å². The number of aliphatic imine (C=N–C) groups is 1. The minimum Gasteiger partial charge on any atom is -0.312 e. The molecule has 0 amide bonds. The Morgan fingerprint density at radius 3 is 2.83 bits per heavy atom. The number of likely N-dealkylation sites (tertiary alicyclic amines) is 1. The quantitative estimate of drug-likeness (QED) is 0.812. The molecule has 2 rings (SSSR count). The number of rotatable bonds is 1. The number of nitrogens with one attached hydrogen (secondary N) is 1. The molecule has 1 aliphatic rings. The number of likely N-dealkylation sites (N-methyl/N-ethyl adjacent to an activating group) is 1. The van der Waals surface area contributed by atoms with E-state index in [0.29, 0.717) is 0 Å². The van der Waals surface area contributed by atoms with Gasteiger partial charge in [-0.2, -0.15) is 0 Å². The lowest BCUT2D eigenvalue weighted by atomic mass is 9.93. The van der Waals surface area contributed by atoms with Crippen LogP contribution in [0.15, 0.2) is 27.8 Å². The average Bonchev–Trinajstić information content (AvgIpc) is 2.78. The van der Waals surface area contributed by atoms with E-state index < -0.39 is 0 Å². The van der Waals surface area contributed by atoms with E-state index in [1.54, 1.807) is 17.0 Å². The number of hydrogen-bond acceptors (Lipinski definition) is 3. The summed E-state index contributed by atoms with van der Waals surface area (Å²) in [7, 11) is 3.92. The molecular weight excluding hydrogens is 228 g/mol. The van der Waals surface area contributed by atoms with Gasteiger partial charge in [0.25, 0.3) is 0 Å². The highest BCUT2D eigenvalue weighted by Crippen LogP contribution is 2.24. The van der Waals surface area contributed by atoms with Gasteiger partial charge in [-0.1, -0.05) is 0 Å². The zero-order chi connectivity index (χ0) is 13.3. The van der Waals surface area contributed by atoms with Crippen molar-refractivity contribution in [2.45, 2.75) is 26.3 Å². The minimum atomic E-state index is -0.101. The summed E-state index contributed by atoms with van der Waals surface area (Å²) >= 11 is 0. The molecule has 1 aliphatic heterocycles. The Labute approximate surface area is 107 Å². The first-order valence-corrected chi connectivity index (χ1v) is 6.19. The average molecular weight is 248 g/mol. The van der Waals surface area contributed by atoms with Crippen LogP contribution in [0.1, 0.15) is 20.3 Å². The number of aromatic nitrogens is 2. The predicted molar refractivity (Wildman–Crippen MR) is 74.0 cm³/mol. The van der Waals surface area contributed by atoms with Crippen LogP contribution < -0.4 is 5.69 Å². The minimum absolute atomic E-state index is 0.101. The van der Waals surface area contributed by atoms with Crippen molar-refractivity contribution < 1.29 is 0 Å². The molecule has 1 saturated heterocycles. The molecule has 5 heteroatoms. The maximum atomic E-state index is 11.7. The summed E-state index contributed by atoms with van der Waals surface area (Å²) in [4.78, 5) is 21.0. The summed E-state index contributed by atoms with van der Waals surface area (Å²) in [5.41, 5.74) is 3.12. The smallest absolute Gasteiger partial charge is 0.312 e. The second-order valence-corrected chi connectivity index (χ2v) is 4.71. The van der Waals surface area contributed by atoms with Crippen LogP contribution in [0.3, 0.4) is 0 Å². The van der Waals surface area contributed by atoms with Gasteiger partial charge >= 0.3 is 5.69 Å². The fraction of sp³-hybridized carbons (Fsp3) is 0.538. The van der Waals surface area contributed by atoms with Crippen molar-refractivity contribution in [3.63, 3.8) is 0 Å². The summed E-state index contributed by atoms with van der Waals surface area (Å²) in [6.07, 6.45) is 4.36. The number of imidazole rings is 1. The molecule has 1 fully saturated rings. The Morgan fingerprint density at radius 2 is 2.28 bits per heavy atom. The Morgan fingerprint density at radius 1 is 1.56 bits per heavy atom. The highest BCUT2D eigenvalue weighted by atomic mass is 16.1. The first-order valence-electron chi connectivity index (χ1n) is 6.19. The second-order valence-electron chi connectivity index (χ2n) is 4.71.